The van der Waals surface area contributed by atoms with Crippen LogP contribution in [-0.2, 0) is 29.9 Å². The first-order chi connectivity index (χ1) is 11.7. The number of thiophene rings is 1. The van der Waals surface area contributed by atoms with E-state index in [9.17, 15) is 5.11 Å². The smallest absolute Gasteiger partial charge is 0.105 e. The van der Waals surface area contributed by atoms with Crippen molar-refractivity contribution in [3.63, 3.8) is 0 Å². The molecule has 1 fully saturated rings. The van der Waals surface area contributed by atoms with Gasteiger partial charge in [-0.1, -0.05) is 17.7 Å². The minimum Gasteiger partial charge on any atom is -0.392 e. The molecule has 0 saturated carbocycles. The largest absolute Gasteiger partial charge is 0.392 e. The highest BCUT2D eigenvalue weighted by Crippen LogP contribution is 2.48. The van der Waals surface area contributed by atoms with Crippen LogP contribution >= 0.6 is 22.9 Å². The summed E-state index contributed by atoms with van der Waals surface area (Å²) >= 11 is 7.96. The van der Waals surface area contributed by atoms with Crippen molar-refractivity contribution in [2.24, 2.45) is 0 Å². The Kier molecular flexibility index (Phi) is 4.62. The maximum Gasteiger partial charge on any atom is 0.105 e. The number of likely N-dealkylation sites (tertiary alicyclic amines) is 1. The highest BCUT2D eigenvalue weighted by molar-refractivity contribution is 7.16. The van der Waals surface area contributed by atoms with Gasteiger partial charge in [-0.15, -0.1) is 11.3 Å². The van der Waals surface area contributed by atoms with Gasteiger partial charge in [-0.2, -0.15) is 0 Å². The minimum absolute atomic E-state index is 0.0217. The van der Waals surface area contributed by atoms with Crippen molar-refractivity contribution >= 4 is 22.9 Å². The third-order valence-electron chi connectivity index (χ3n) is 5.16. The lowest BCUT2D eigenvalue weighted by molar-refractivity contribution is -0.0962. The molecule has 0 unspecified atom stereocenters. The summed E-state index contributed by atoms with van der Waals surface area (Å²) in [5.41, 5.74) is 3.19. The molecule has 0 atom stereocenters. The second-order valence-electron chi connectivity index (χ2n) is 6.55. The van der Waals surface area contributed by atoms with Gasteiger partial charge in [0, 0.05) is 42.5 Å². The van der Waals surface area contributed by atoms with Crippen molar-refractivity contribution in [3.8, 4) is 0 Å². The number of halogens is 1. The molecule has 0 radical (unpaired) electrons. The number of nitrogens with zero attached hydrogens (tertiary/aromatic N) is 2. The Morgan fingerprint density at radius 2 is 2.21 bits per heavy atom. The average Bonchev–Trinajstić information content (AvgIpc) is 2.95. The number of ether oxygens (including phenoxy) is 1. The van der Waals surface area contributed by atoms with Crippen molar-refractivity contribution in [2.45, 2.75) is 38.0 Å². The van der Waals surface area contributed by atoms with Gasteiger partial charge in [-0.3, -0.25) is 9.88 Å². The van der Waals surface area contributed by atoms with Gasteiger partial charge in [-0.25, -0.2) is 0 Å². The number of fused-ring (bicyclic) bond motifs is 2. The summed E-state index contributed by atoms with van der Waals surface area (Å²) in [4.78, 5) is 7.91. The Hall–Kier alpha value is -0.980. The van der Waals surface area contributed by atoms with Gasteiger partial charge in [0.1, 0.15) is 5.60 Å². The van der Waals surface area contributed by atoms with Crippen molar-refractivity contribution in [3.05, 3.63) is 50.4 Å². The number of hydrogen-bond donors (Lipinski definition) is 1. The first-order valence-electron chi connectivity index (χ1n) is 8.38. The van der Waals surface area contributed by atoms with E-state index in [0.29, 0.717) is 0 Å². The van der Waals surface area contributed by atoms with E-state index >= 15 is 0 Å². The number of aliphatic hydroxyl groups excluding tert-OH is 1. The first-order valence-corrected chi connectivity index (χ1v) is 9.58. The number of hydrogen-bond acceptors (Lipinski definition) is 5. The van der Waals surface area contributed by atoms with E-state index in [1.54, 1.807) is 11.3 Å². The second-order valence-corrected chi connectivity index (χ2v) is 8.17. The molecule has 4 heterocycles. The van der Waals surface area contributed by atoms with E-state index in [-0.39, 0.29) is 12.2 Å². The molecule has 6 heteroatoms. The molecule has 0 amide bonds. The maximum absolute atomic E-state index is 9.62. The molecular weight excluding hydrogens is 344 g/mol. The summed E-state index contributed by atoms with van der Waals surface area (Å²) in [5.74, 6) is 0. The lowest BCUT2D eigenvalue weighted by Crippen LogP contribution is -2.45. The van der Waals surface area contributed by atoms with Crippen molar-refractivity contribution in [1.82, 2.24) is 9.88 Å². The first kappa shape index (κ1) is 16.5. The Labute approximate surface area is 151 Å². The topological polar surface area (TPSA) is 45.6 Å². The van der Waals surface area contributed by atoms with E-state index in [1.807, 2.05) is 18.5 Å². The van der Waals surface area contributed by atoms with Crippen LogP contribution < -0.4 is 0 Å². The highest BCUT2D eigenvalue weighted by Gasteiger charge is 2.43. The van der Waals surface area contributed by atoms with Crippen LogP contribution in [0.5, 0.6) is 0 Å². The zero-order valence-corrected chi connectivity index (χ0v) is 15.1. The number of rotatable bonds is 3. The van der Waals surface area contributed by atoms with E-state index in [0.717, 1.165) is 55.4 Å². The third kappa shape index (κ3) is 2.89. The van der Waals surface area contributed by atoms with Gasteiger partial charge in [0.2, 0.25) is 0 Å². The molecular formula is C18H21ClN2O2S. The fourth-order valence-electron chi connectivity index (χ4n) is 3.87. The van der Waals surface area contributed by atoms with E-state index < -0.39 is 0 Å². The molecule has 1 N–H and O–H groups in total. The van der Waals surface area contributed by atoms with Crippen LogP contribution in [0.25, 0.3) is 0 Å². The van der Waals surface area contributed by atoms with Gasteiger partial charge < -0.3 is 9.84 Å². The number of aliphatic hydroxyl groups is 1. The number of aromatic nitrogens is 1. The quantitative estimate of drug-likeness (QED) is 0.907. The predicted octanol–water partition coefficient (Wildman–Crippen LogP) is 3.35. The molecule has 128 valence electrons. The van der Waals surface area contributed by atoms with Gasteiger partial charge in [0.05, 0.1) is 17.6 Å². The van der Waals surface area contributed by atoms with E-state index in [2.05, 4.69) is 16.0 Å². The molecule has 4 nitrogen and oxygen atoms in total. The highest BCUT2D eigenvalue weighted by atomic mass is 35.5. The summed E-state index contributed by atoms with van der Waals surface area (Å²) in [6, 6.07) is 4.11. The lowest BCUT2D eigenvalue weighted by Gasteiger charge is -2.43. The molecule has 0 aliphatic carbocycles. The number of pyridine rings is 1. The van der Waals surface area contributed by atoms with Crippen LogP contribution in [0.2, 0.25) is 4.34 Å². The average molecular weight is 365 g/mol. The van der Waals surface area contributed by atoms with Gasteiger partial charge >= 0.3 is 0 Å². The van der Waals surface area contributed by atoms with Crippen molar-refractivity contribution < 1.29 is 9.84 Å². The van der Waals surface area contributed by atoms with E-state index in [1.165, 1.54) is 16.0 Å². The zero-order chi connectivity index (χ0) is 16.6. The van der Waals surface area contributed by atoms with Crippen LogP contribution in [0.4, 0.5) is 0 Å². The van der Waals surface area contributed by atoms with E-state index in [4.69, 9.17) is 16.3 Å². The molecule has 0 bridgehead atoms. The SMILES string of the molecule is OCc1c(Cl)sc2c1CCOC21CCN(Cc2cccnc2)CC1. The monoisotopic (exact) mass is 364 g/mol. The predicted molar refractivity (Wildman–Crippen MR) is 95.3 cm³/mol. The molecule has 4 rings (SSSR count). The Balaban J connectivity index is 1.51. The summed E-state index contributed by atoms with van der Waals surface area (Å²) in [6.07, 6.45) is 6.55. The Morgan fingerprint density at radius 3 is 2.92 bits per heavy atom. The normalized spacial score (nSPS) is 20.2. The standard InChI is InChI=1S/C18H21ClN2O2S/c19-17-15(12-22)14-3-9-23-18(16(14)24-17)4-7-21(8-5-18)11-13-2-1-6-20-10-13/h1-2,6,10,22H,3-5,7-9,11-12H2. The lowest BCUT2D eigenvalue weighted by atomic mass is 9.84. The van der Waals surface area contributed by atoms with Crippen LogP contribution in [0.3, 0.4) is 0 Å². The van der Waals surface area contributed by atoms with Gasteiger partial charge in [-0.05, 0) is 36.5 Å². The molecule has 24 heavy (non-hydrogen) atoms. The molecule has 2 aromatic rings. The summed E-state index contributed by atoms with van der Waals surface area (Å²) in [7, 11) is 0. The molecule has 1 spiro atoms. The van der Waals surface area contributed by atoms with Gasteiger partial charge in [0.15, 0.2) is 0 Å². The molecule has 0 aromatic carbocycles. The van der Waals surface area contributed by atoms with Crippen molar-refractivity contribution in [2.75, 3.05) is 19.7 Å². The van der Waals surface area contributed by atoms with Crippen molar-refractivity contribution in [1.29, 1.82) is 0 Å². The zero-order valence-electron chi connectivity index (χ0n) is 13.5. The molecule has 2 aromatic heterocycles. The van der Waals surface area contributed by atoms with Crippen LogP contribution in [-0.4, -0.2) is 34.7 Å². The van der Waals surface area contributed by atoms with Crippen LogP contribution in [0, 0.1) is 0 Å². The Morgan fingerprint density at radius 1 is 1.38 bits per heavy atom. The molecule has 2 aliphatic rings. The Bertz CT molecular complexity index is 711. The second kappa shape index (κ2) is 6.73. The summed E-state index contributed by atoms with van der Waals surface area (Å²) in [5, 5.41) is 9.62. The van der Waals surface area contributed by atoms with Crippen LogP contribution in [0.1, 0.15) is 34.4 Å². The fraction of sp³-hybridized carbons (Fsp3) is 0.500. The van der Waals surface area contributed by atoms with Crippen LogP contribution in [0.15, 0.2) is 24.5 Å². The molecule has 2 aliphatic heterocycles. The number of piperidine rings is 1. The summed E-state index contributed by atoms with van der Waals surface area (Å²) in [6.45, 7) is 3.67. The minimum atomic E-state index is -0.208. The van der Waals surface area contributed by atoms with Gasteiger partial charge in [0.25, 0.3) is 0 Å². The fourth-order valence-corrected chi connectivity index (χ4v) is 5.56. The third-order valence-corrected chi connectivity index (χ3v) is 6.87. The molecule has 1 saturated heterocycles. The summed E-state index contributed by atoms with van der Waals surface area (Å²) < 4.78 is 7.00. The maximum atomic E-state index is 9.62.